The number of nitrogens with zero attached hydrogens (tertiary/aromatic N) is 3. The number of hydrogen-bond donors (Lipinski definition) is 2. The van der Waals surface area contributed by atoms with Crippen molar-refractivity contribution in [2.24, 2.45) is 10.9 Å². The summed E-state index contributed by atoms with van der Waals surface area (Å²) in [6.45, 7) is 4.89. The maximum absolute atomic E-state index is 4.46. The van der Waals surface area contributed by atoms with Crippen molar-refractivity contribution >= 4 is 47.0 Å². The summed E-state index contributed by atoms with van der Waals surface area (Å²) < 4.78 is 0. The van der Waals surface area contributed by atoms with Gasteiger partial charge in [-0.1, -0.05) is 30.4 Å². The molecule has 1 fully saturated rings. The van der Waals surface area contributed by atoms with Gasteiger partial charge in [0.15, 0.2) is 5.96 Å². The first-order chi connectivity index (χ1) is 14.7. The van der Waals surface area contributed by atoms with E-state index in [-0.39, 0.29) is 24.0 Å². The molecule has 0 amide bonds. The number of aliphatic imine (C=N–C) groups is 1. The first-order valence-corrected chi connectivity index (χ1v) is 11.8. The summed E-state index contributed by atoms with van der Waals surface area (Å²) in [6, 6.07) is 13.7. The van der Waals surface area contributed by atoms with Crippen LogP contribution in [0, 0.1) is 5.92 Å². The van der Waals surface area contributed by atoms with Crippen molar-refractivity contribution < 1.29 is 0 Å². The minimum absolute atomic E-state index is 0. The zero-order chi connectivity index (χ0) is 20.8. The number of halogens is 1. The summed E-state index contributed by atoms with van der Waals surface area (Å²) in [5.74, 6) is 1.47. The van der Waals surface area contributed by atoms with Crippen molar-refractivity contribution in [2.75, 3.05) is 45.2 Å². The highest BCUT2D eigenvalue weighted by Crippen LogP contribution is 2.36. The molecule has 2 N–H and O–H groups in total. The number of nitrogens with one attached hydrogen (secondary N) is 2. The third-order valence-electron chi connectivity index (χ3n) is 6.15. The van der Waals surface area contributed by atoms with Gasteiger partial charge in [0.1, 0.15) is 0 Å². The largest absolute Gasteiger partial charge is 0.364 e. The predicted molar refractivity (Wildman–Crippen MR) is 144 cm³/mol. The zero-order valence-electron chi connectivity index (χ0n) is 18.5. The monoisotopic (exact) mass is 551 g/mol. The van der Waals surface area contributed by atoms with Crippen molar-refractivity contribution in [3.05, 3.63) is 64.4 Å². The Morgan fingerprint density at radius 3 is 2.74 bits per heavy atom. The van der Waals surface area contributed by atoms with E-state index in [0.717, 1.165) is 32.1 Å². The van der Waals surface area contributed by atoms with Gasteiger partial charge >= 0.3 is 0 Å². The Hall–Kier alpha value is -1.58. The molecule has 2 aromatic rings. The molecule has 31 heavy (non-hydrogen) atoms. The average molecular weight is 552 g/mol. The normalized spacial score (nSPS) is 21.7. The van der Waals surface area contributed by atoms with E-state index >= 15 is 0 Å². The van der Waals surface area contributed by atoms with Crippen LogP contribution in [0.4, 0.5) is 5.69 Å². The lowest BCUT2D eigenvalue weighted by Gasteiger charge is -2.39. The molecular weight excluding hydrogens is 517 g/mol. The third-order valence-corrected chi connectivity index (χ3v) is 7.09. The molecular formula is C24H34IN5S. The van der Waals surface area contributed by atoms with Crippen LogP contribution in [0.1, 0.15) is 29.3 Å². The fraction of sp³-hybridized carbons (Fsp3) is 0.458. The molecule has 1 aromatic heterocycles. The van der Waals surface area contributed by atoms with Crippen LogP contribution in [0.15, 0.2) is 58.9 Å². The summed E-state index contributed by atoms with van der Waals surface area (Å²) in [6.07, 6.45) is 6.96. The lowest BCUT2D eigenvalue weighted by atomic mass is 9.88. The van der Waals surface area contributed by atoms with Crippen molar-refractivity contribution in [3.8, 4) is 0 Å². The lowest BCUT2D eigenvalue weighted by Crippen LogP contribution is -2.44. The van der Waals surface area contributed by atoms with Crippen LogP contribution in [0.25, 0.3) is 0 Å². The van der Waals surface area contributed by atoms with Crippen LogP contribution in [-0.2, 0) is 6.54 Å². The Balaban J connectivity index is 0.00000272. The molecule has 7 heteroatoms. The second-order valence-corrected chi connectivity index (χ2v) is 9.18. The number of guanidine groups is 1. The number of hydrogen-bond acceptors (Lipinski definition) is 4. The van der Waals surface area contributed by atoms with Gasteiger partial charge in [-0.2, -0.15) is 0 Å². The van der Waals surface area contributed by atoms with E-state index in [9.17, 15) is 0 Å². The van der Waals surface area contributed by atoms with Crippen molar-refractivity contribution in [1.82, 2.24) is 15.5 Å². The molecule has 3 heterocycles. The van der Waals surface area contributed by atoms with E-state index in [1.807, 2.05) is 18.4 Å². The fourth-order valence-electron chi connectivity index (χ4n) is 4.57. The average Bonchev–Trinajstić information content (AvgIpc) is 3.49. The molecule has 0 saturated carbocycles. The number of likely N-dealkylation sites (tertiary alicyclic amines) is 1. The Kier molecular flexibility index (Phi) is 9.22. The van der Waals surface area contributed by atoms with Crippen molar-refractivity contribution in [3.63, 3.8) is 0 Å². The quantitative estimate of drug-likeness (QED) is 0.241. The van der Waals surface area contributed by atoms with Crippen LogP contribution in [-0.4, -0.2) is 51.1 Å². The van der Waals surface area contributed by atoms with E-state index in [0.29, 0.717) is 12.0 Å². The van der Waals surface area contributed by atoms with E-state index in [1.54, 1.807) is 0 Å². The standard InChI is InChI=1S/C24H33N5S.HI/c1-25-24(26-17-19-8-5-10-21(16-19)29-13-3-4-14-29)27-18-20-9-6-12-28(2)23(20)22-11-7-15-30-22;/h3-5,7-8,10-11,15-16,20,23H,6,9,12-14,17-18H2,1-2H3,(H2,25,26,27);1H. The van der Waals surface area contributed by atoms with Crippen molar-refractivity contribution in [2.45, 2.75) is 25.4 Å². The Morgan fingerprint density at radius 1 is 1.16 bits per heavy atom. The number of benzene rings is 1. The van der Waals surface area contributed by atoms with Crippen LogP contribution >= 0.6 is 35.3 Å². The topological polar surface area (TPSA) is 42.9 Å². The van der Waals surface area contributed by atoms with E-state index in [2.05, 4.69) is 86.4 Å². The molecule has 2 atom stereocenters. The van der Waals surface area contributed by atoms with Gasteiger partial charge in [0.25, 0.3) is 0 Å². The molecule has 4 rings (SSSR count). The molecule has 0 bridgehead atoms. The van der Waals surface area contributed by atoms with Crippen molar-refractivity contribution in [1.29, 1.82) is 0 Å². The maximum atomic E-state index is 4.46. The van der Waals surface area contributed by atoms with E-state index < -0.39 is 0 Å². The summed E-state index contributed by atoms with van der Waals surface area (Å²) in [5.41, 5.74) is 2.56. The molecule has 2 aliphatic rings. The Labute approximate surface area is 207 Å². The van der Waals surface area contributed by atoms with Gasteiger partial charge in [0.2, 0.25) is 0 Å². The summed E-state index contributed by atoms with van der Waals surface area (Å²) in [7, 11) is 4.11. The van der Waals surface area contributed by atoms with Crippen LogP contribution in [0.2, 0.25) is 0 Å². The number of rotatable bonds is 6. The van der Waals surface area contributed by atoms with E-state index in [4.69, 9.17) is 0 Å². The van der Waals surface area contributed by atoms with Gasteiger partial charge < -0.3 is 15.5 Å². The van der Waals surface area contributed by atoms with Gasteiger partial charge in [-0.15, -0.1) is 35.3 Å². The van der Waals surface area contributed by atoms with Crippen LogP contribution in [0.5, 0.6) is 0 Å². The zero-order valence-corrected chi connectivity index (χ0v) is 21.6. The highest BCUT2D eigenvalue weighted by atomic mass is 127. The summed E-state index contributed by atoms with van der Waals surface area (Å²) in [4.78, 5) is 10.8. The van der Waals surface area contributed by atoms with Gasteiger partial charge in [-0.3, -0.25) is 9.89 Å². The first-order valence-electron chi connectivity index (χ1n) is 10.9. The molecule has 0 aliphatic carbocycles. The maximum Gasteiger partial charge on any atom is 0.191 e. The second-order valence-electron chi connectivity index (χ2n) is 8.20. The summed E-state index contributed by atoms with van der Waals surface area (Å²) in [5, 5.41) is 9.28. The number of anilines is 1. The molecule has 2 unspecified atom stereocenters. The first kappa shape index (κ1) is 24.1. The molecule has 1 saturated heterocycles. The van der Waals surface area contributed by atoms with Gasteiger partial charge in [0, 0.05) is 49.8 Å². The number of piperidine rings is 1. The third kappa shape index (κ3) is 6.23. The molecule has 1 aromatic carbocycles. The predicted octanol–water partition coefficient (Wildman–Crippen LogP) is 4.49. The minimum atomic E-state index is 0. The highest BCUT2D eigenvalue weighted by Gasteiger charge is 2.31. The van der Waals surface area contributed by atoms with Gasteiger partial charge in [0.05, 0.1) is 0 Å². The smallest absolute Gasteiger partial charge is 0.191 e. The highest BCUT2D eigenvalue weighted by molar-refractivity contribution is 14.0. The van der Waals surface area contributed by atoms with Crippen LogP contribution in [0.3, 0.4) is 0 Å². The summed E-state index contributed by atoms with van der Waals surface area (Å²) >= 11 is 1.87. The molecule has 0 radical (unpaired) electrons. The SMILES string of the molecule is CN=C(NCc1cccc(N2CC=CC2)c1)NCC1CCCN(C)C1c1cccs1.I. The Morgan fingerprint density at radius 2 is 2.00 bits per heavy atom. The Bertz CT molecular complexity index is 859. The minimum Gasteiger partial charge on any atom is -0.364 e. The number of thiophene rings is 1. The molecule has 0 spiro atoms. The molecule has 168 valence electrons. The van der Waals surface area contributed by atoms with Gasteiger partial charge in [-0.05, 0) is 61.5 Å². The molecule has 5 nitrogen and oxygen atoms in total. The lowest BCUT2D eigenvalue weighted by molar-refractivity contribution is 0.125. The fourth-order valence-corrected chi connectivity index (χ4v) is 5.55. The molecule has 2 aliphatic heterocycles. The van der Waals surface area contributed by atoms with Gasteiger partial charge in [-0.25, -0.2) is 0 Å². The van der Waals surface area contributed by atoms with E-state index in [1.165, 1.54) is 35.5 Å². The van der Waals surface area contributed by atoms with Crippen LogP contribution < -0.4 is 15.5 Å². The second kappa shape index (κ2) is 11.9.